The number of rotatable bonds is 2. The molecule has 0 radical (unpaired) electrons. The van der Waals surface area contributed by atoms with Gasteiger partial charge >= 0.3 is 0 Å². The van der Waals surface area contributed by atoms with Crippen molar-refractivity contribution < 1.29 is 13.6 Å². The van der Waals surface area contributed by atoms with Crippen LogP contribution in [-0.2, 0) is 0 Å². The van der Waals surface area contributed by atoms with Crippen molar-refractivity contribution in [3.05, 3.63) is 34.9 Å². The van der Waals surface area contributed by atoms with Gasteiger partial charge in [0.1, 0.15) is 0 Å². The van der Waals surface area contributed by atoms with Crippen LogP contribution in [0, 0.1) is 6.92 Å². The summed E-state index contributed by atoms with van der Waals surface area (Å²) >= 11 is 0. The van der Waals surface area contributed by atoms with Gasteiger partial charge in [-0.15, -0.1) is 12.4 Å². The number of piperidine rings is 1. The Hall–Kier alpha value is -1.20. The predicted octanol–water partition coefficient (Wildman–Crippen LogP) is 3.37. The largest absolute Gasteiger partial charge is 0.332 e. The molecular weight excluding hydrogens is 322 g/mol. The smallest absolute Gasteiger partial charge is 0.267 e. The van der Waals surface area contributed by atoms with Crippen LogP contribution < -0.4 is 5.32 Å². The molecule has 2 aliphatic heterocycles. The number of benzene rings is 1. The van der Waals surface area contributed by atoms with E-state index in [1.807, 2.05) is 19.1 Å². The lowest BCUT2D eigenvalue weighted by Gasteiger charge is -2.24. The van der Waals surface area contributed by atoms with Crippen LogP contribution >= 0.6 is 12.4 Å². The lowest BCUT2D eigenvalue weighted by molar-refractivity contribution is 0.0120. The van der Waals surface area contributed by atoms with Crippen molar-refractivity contribution in [1.82, 2.24) is 10.2 Å². The van der Waals surface area contributed by atoms with E-state index in [0.717, 1.165) is 37.1 Å². The van der Waals surface area contributed by atoms with Crippen molar-refractivity contribution in [2.75, 3.05) is 26.2 Å². The number of likely N-dealkylation sites (tertiary alicyclic amines) is 1. The molecule has 1 aromatic carbocycles. The number of hydrogen-bond acceptors (Lipinski definition) is 2. The zero-order valence-corrected chi connectivity index (χ0v) is 14.1. The molecule has 1 amide bonds. The van der Waals surface area contributed by atoms with Crippen LogP contribution in [0.4, 0.5) is 8.78 Å². The van der Waals surface area contributed by atoms with E-state index < -0.39 is 12.5 Å². The Balaban J connectivity index is 0.00000192. The van der Waals surface area contributed by atoms with Crippen molar-refractivity contribution in [3.63, 3.8) is 0 Å². The van der Waals surface area contributed by atoms with E-state index in [2.05, 4.69) is 11.4 Å². The van der Waals surface area contributed by atoms with Gasteiger partial charge in [0.05, 0.1) is 6.54 Å². The van der Waals surface area contributed by atoms with E-state index in [1.165, 1.54) is 4.90 Å². The number of aryl methyl sites for hydroxylation is 1. The Bertz CT molecular complexity index is 574. The molecule has 3 nitrogen and oxygen atoms in total. The van der Waals surface area contributed by atoms with E-state index >= 15 is 0 Å². The van der Waals surface area contributed by atoms with Crippen molar-refractivity contribution in [2.45, 2.75) is 38.0 Å². The summed E-state index contributed by atoms with van der Waals surface area (Å²) < 4.78 is 26.6. The summed E-state index contributed by atoms with van der Waals surface area (Å²) in [6.45, 7) is 3.62. The van der Waals surface area contributed by atoms with E-state index in [4.69, 9.17) is 0 Å². The average Bonchev–Trinajstić information content (AvgIpc) is 2.87. The minimum absolute atomic E-state index is 0. The lowest BCUT2D eigenvalue weighted by atomic mass is 9.88. The van der Waals surface area contributed by atoms with Gasteiger partial charge in [-0.2, -0.15) is 0 Å². The maximum Gasteiger partial charge on any atom is 0.267 e. The van der Waals surface area contributed by atoms with Gasteiger partial charge in [-0.3, -0.25) is 4.79 Å². The molecule has 2 fully saturated rings. The van der Waals surface area contributed by atoms with Gasteiger partial charge in [-0.25, -0.2) is 8.78 Å². The van der Waals surface area contributed by atoms with E-state index in [9.17, 15) is 13.6 Å². The van der Waals surface area contributed by atoms with Crippen LogP contribution in [0.2, 0.25) is 0 Å². The summed E-state index contributed by atoms with van der Waals surface area (Å²) in [6.07, 6.45) is 1.88. The number of nitrogens with zero attached hydrogens (tertiary/aromatic N) is 1. The van der Waals surface area contributed by atoms with E-state index in [1.54, 1.807) is 0 Å². The molecule has 2 heterocycles. The third kappa shape index (κ3) is 4.21. The first-order valence-electron chi connectivity index (χ1n) is 7.94. The first-order chi connectivity index (χ1) is 10.4. The molecule has 0 aromatic heterocycles. The van der Waals surface area contributed by atoms with Gasteiger partial charge in [0.15, 0.2) is 0 Å². The number of alkyl halides is 2. The molecule has 23 heavy (non-hydrogen) atoms. The molecule has 0 unspecified atom stereocenters. The summed E-state index contributed by atoms with van der Waals surface area (Å²) in [5.41, 5.74) is 2.73. The molecule has 3 rings (SSSR count). The second-order valence-corrected chi connectivity index (χ2v) is 6.49. The van der Waals surface area contributed by atoms with Crippen molar-refractivity contribution in [3.8, 4) is 0 Å². The maximum absolute atomic E-state index is 13.3. The van der Waals surface area contributed by atoms with Gasteiger partial charge in [-0.1, -0.05) is 11.6 Å². The molecule has 2 saturated heterocycles. The van der Waals surface area contributed by atoms with Gasteiger partial charge in [0.25, 0.3) is 11.8 Å². The summed E-state index contributed by atoms with van der Waals surface area (Å²) in [7, 11) is 0. The summed E-state index contributed by atoms with van der Waals surface area (Å²) in [5, 5.41) is 3.33. The van der Waals surface area contributed by atoms with Crippen LogP contribution in [0.15, 0.2) is 18.2 Å². The predicted molar refractivity (Wildman–Crippen MR) is 88.7 cm³/mol. The van der Waals surface area contributed by atoms with Gasteiger partial charge < -0.3 is 10.2 Å². The monoisotopic (exact) mass is 344 g/mol. The molecule has 0 bridgehead atoms. The third-order valence-corrected chi connectivity index (χ3v) is 4.61. The van der Waals surface area contributed by atoms with E-state index in [-0.39, 0.29) is 31.3 Å². The molecule has 128 valence electrons. The molecule has 6 heteroatoms. The number of amides is 1. The first-order valence-corrected chi connectivity index (χ1v) is 7.94. The Morgan fingerprint density at radius 1 is 1.26 bits per heavy atom. The molecule has 2 aliphatic rings. The highest BCUT2D eigenvalue weighted by molar-refractivity contribution is 5.95. The van der Waals surface area contributed by atoms with Crippen molar-refractivity contribution >= 4 is 18.3 Å². The lowest BCUT2D eigenvalue weighted by Crippen LogP contribution is -2.31. The maximum atomic E-state index is 13.3. The zero-order chi connectivity index (χ0) is 15.7. The Morgan fingerprint density at radius 3 is 2.57 bits per heavy atom. The first kappa shape index (κ1) is 18.1. The minimum atomic E-state index is -2.74. The van der Waals surface area contributed by atoms with Crippen LogP contribution in [0.1, 0.15) is 46.7 Å². The van der Waals surface area contributed by atoms with E-state index in [0.29, 0.717) is 11.5 Å². The number of carbonyl (C=O) groups is 1. The van der Waals surface area contributed by atoms with Gasteiger partial charge in [0.2, 0.25) is 0 Å². The minimum Gasteiger partial charge on any atom is -0.332 e. The molecule has 0 spiro atoms. The van der Waals surface area contributed by atoms with Gasteiger partial charge in [-0.05, 0) is 56.5 Å². The van der Waals surface area contributed by atoms with Crippen LogP contribution in [-0.4, -0.2) is 42.9 Å². The fraction of sp³-hybridized carbons (Fsp3) is 0.588. The zero-order valence-electron chi connectivity index (χ0n) is 13.3. The number of halogens is 3. The van der Waals surface area contributed by atoms with Crippen LogP contribution in [0.5, 0.6) is 0 Å². The molecule has 0 atom stereocenters. The molecule has 1 aromatic rings. The third-order valence-electron chi connectivity index (χ3n) is 4.61. The van der Waals surface area contributed by atoms with Crippen LogP contribution in [0.3, 0.4) is 0 Å². The fourth-order valence-electron chi connectivity index (χ4n) is 3.42. The fourth-order valence-corrected chi connectivity index (χ4v) is 3.42. The molecule has 1 N–H and O–H groups in total. The van der Waals surface area contributed by atoms with Gasteiger partial charge in [0, 0.05) is 18.5 Å². The Morgan fingerprint density at radius 2 is 1.96 bits per heavy atom. The molecule has 0 aliphatic carbocycles. The van der Waals surface area contributed by atoms with Crippen molar-refractivity contribution in [2.24, 2.45) is 0 Å². The highest BCUT2D eigenvalue weighted by Gasteiger charge is 2.40. The topological polar surface area (TPSA) is 32.3 Å². The summed E-state index contributed by atoms with van der Waals surface area (Å²) in [5.74, 6) is -2.55. The second-order valence-electron chi connectivity index (χ2n) is 6.49. The highest BCUT2D eigenvalue weighted by Crippen LogP contribution is 2.30. The SMILES string of the molecule is Cc1cc(C(=O)N2CCC(F)(F)C2)cc(C2CCNCC2)c1.Cl. The van der Waals surface area contributed by atoms with Crippen molar-refractivity contribution in [1.29, 1.82) is 0 Å². The molecular formula is C17H23ClF2N2O. The second kappa shape index (κ2) is 7.14. The number of hydrogen-bond donors (Lipinski definition) is 1. The average molecular weight is 345 g/mol. The Labute approximate surface area is 141 Å². The Kier molecular flexibility index (Phi) is 5.63. The van der Waals surface area contributed by atoms with Crippen LogP contribution in [0.25, 0.3) is 0 Å². The number of nitrogens with one attached hydrogen (secondary N) is 1. The standard InChI is InChI=1S/C17H22F2N2O.ClH/c1-12-8-14(13-2-5-20-6-3-13)10-15(9-12)16(22)21-7-4-17(18,19)11-21;/h8-10,13,20H,2-7,11H2,1H3;1H. The summed E-state index contributed by atoms with van der Waals surface area (Å²) in [4.78, 5) is 13.8. The summed E-state index contributed by atoms with van der Waals surface area (Å²) in [6, 6.07) is 5.83. The molecule has 0 saturated carbocycles. The number of carbonyl (C=O) groups excluding carboxylic acids is 1. The normalized spacial score (nSPS) is 21.1. The highest BCUT2D eigenvalue weighted by atomic mass is 35.5. The quantitative estimate of drug-likeness (QED) is 0.892.